The van der Waals surface area contributed by atoms with E-state index in [0.717, 1.165) is 19.6 Å². The van der Waals surface area contributed by atoms with Crippen LogP contribution in [0.2, 0.25) is 0 Å². The van der Waals surface area contributed by atoms with E-state index in [1.807, 2.05) is 13.8 Å². The molecule has 0 bridgehead atoms. The van der Waals surface area contributed by atoms with Gasteiger partial charge in [-0.15, -0.1) is 0 Å². The second-order valence-corrected chi connectivity index (χ2v) is 6.31. The van der Waals surface area contributed by atoms with Crippen molar-refractivity contribution in [1.82, 2.24) is 20.9 Å². The summed E-state index contributed by atoms with van der Waals surface area (Å²) in [4.78, 5) is 25.5. The molecule has 0 aromatic heterocycles. The van der Waals surface area contributed by atoms with E-state index in [2.05, 4.69) is 20.9 Å². The number of carbonyl (C=O) groups excluding carboxylic acids is 2. The lowest BCUT2D eigenvalue weighted by Gasteiger charge is -2.24. The van der Waals surface area contributed by atoms with Gasteiger partial charge in [0.25, 0.3) is 0 Å². The van der Waals surface area contributed by atoms with E-state index < -0.39 is 6.03 Å². The Morgan fingerprint density at radius 3 is 2.85 bits per heavy atom. The predicted octanol–water partition coefficient (Wildman–Crippen LogP) is 0.152. The first kappa shape index (κ1) is 15.3. The first-order chi connectivity index (χ1) is 9.54. The first-order valence-electron chi connectivity index (χ1n) is 7.58. The Kier molecular flexibility index (Phi) is 5.37. The smallest absolute Gasteiger partial charge is 0.321 e. The van der Waals surface area contributed by atoms with Gasteiger partial charge in [0.15, 0.2) is 0 Å². The van der Waals surface area contributed by atoms with Gasteiger partial charge in [0.2, 0.25) is 5.91 Å². The molecule has 2 heterocycles. The van der Waals surface area contributed by atoms with Crippen LogP contribution in [0.3, 0.4) is 0 Å². The minimum atomic E-state index is -0.390. The van der Waals surface area contributed by atoms with Crippen LogP contribution in [0.25, 0.3) is 0 Å². The molecule has 2 aliphatic heterocycles. The zero-order chi connectivity index (χ0) is 14.5. The number of urea groups is 1. The van der Waals surface area contributed by atoms with Crippen molar-refractivity contribution in [3.63, 3.8) is 0 Å². The molecule has 114 valence electrons. The maximum Gasteiger partial charge on any atom is 0.321 e. The highest BCUT2D eigenvalue weighted by atomic mass is 16.2. The zero-order valence-electron chi connectivity index (χ0n) is 12.4. The van der Waals surface area contributed by atoms with Gasteiger partial charge in [-0.1, -0.05) is 13.8 Å². The van der Waals surface area contributed by atoms with Crippen LogP contribution in [0.1, 0.15) is 26.7 Å². The highest BCUT2D eigenvalue weighted by Crippen LogP contribution is 2.24. The number of hydrogen-bond acceptors (Lipinski definition) is 4. The average Bonchev–Trinajstić information content (AvgIpc) is 2.78. The third kappa shape index (κ3) is 4.45. The summed E-state index contributed by atoms with van der Waals surface area (Å²) in [5, 5.41) is 8.58. The van der Waals surface area contributed by atoms with E-state index in [1.54, 1.807) is 0 Å². The molecule has 20 heavy (non-hydrogen) atoms. The summed E-state index contributed by atoms with van der Waals surface area (Å²) >= 11 is 0. The van der Waals surface area contributed by atoms with Gasteiger partial charge in [0, 0.05) is 25.7 Å². The number of nitrogens with zero attached hydrogens (tertiary/aromatic N) is 1. The van der Waals surface area contributed by atoms with Crippen molar-refractivity contribution in [2.24, 2.45) is 11.8 Å². The van der Waals surface area contributed by atoms with Crippen molar-refractivity contribution in [2.75, 3.05) is 32.7 Å². The summed E-state index contributed by atoms with van der Waals surface area (Å²) in [5.41, 5.74) is 0. The Morgan fingerprint density at radius 2 is 2.15 bits per heavy atom. The maximum atomic E-state index is 11.8. The van der Waals surface area contributed by atoms with Gasteiger partial charge in [-0.3, -0.25) is 15.0 Å². The third-order valence-electron chi connectivity index (χ3n) is 3.97. The Balaban J connectivity index is 1.68. The second-order valence-electron chi connectivity index (χ2n) is 6.31. The van der Waals surface area contributed by atoms with Gasteiger partial charge in [0.05, 0.1) is 6.54 Å². The number of likely N-dealkylation sites (tertiary alicyclic amines) is 1. The topological polar surface area (TPSA) is 73.5 Å². The lowest BCUT2D eigenvalue weighted by Crippen LogP contribution is -2.45. The minimum absolute atomic E-state index is 0.218. The van der Waals surface area contributed by atoms with E-state index >= 15 is 0 Å². The van der Waals surface area contributed by atoms with E-state index in [0.29, 0.717) is 31.0 Å². The van der Waals surface area contributed by atoms with Crippen LogP contribution >= 0.6 is 0 Å². The lowest BCUT2D eigenvalue weighted by atomic mass is 9.94. The van der Waals surface area contributed by atoms with Crippen LogP contribution < -0.4 is 16.0 Å². The number of imide groups is 1. The summed E-state index contributed by atoms with van der Waals surface area (Å²) in [6, 6.07) is 0.129. The average molecular weight is 282 g/mol. The van der Waals surface area contributed by atoms with Crippen LogP contribution in [-0.2, 0) is 4.79 Å². The number of hydrogen-bond donors (Lipinski definition) is 3. The van der Waals surface area contributed by atoms with E-state index in [1.165, 1.54) is 12.8 Å². The highest BCUT2D eigenvalue weighted by molar-refractivity contribution is 5.95. The normalized spacial score (nSPS) is 26.4. The number of fused-ring (bicyclic) bond motifs is 1. The Hall–Kier alpha value is -1.14. The van der Waals surface area contributed by atoms with Crippen LogP contribution in [0, 0.1) is 11.8 Å². The quantitative estimate of drug-likeness (QED) is 0.686. The molecule has 0 saturated carbocycles. The van der Waals surface area contributed by atoms with Crippen molar-refractivity contribution < 1.29 is 9.59 Å². The van der Waals surface area contributed by atoms with E-state index in [-0.39, 0.29) is 5.91 Å². The molecule has 2 aliphatic rings. The Labute approximate surface area is 120 Å². The summed E-state index contributed by atoms with van der Waals surface area (Å²) < 4.78 is 0. The molecule has 0 spiro atoms. The summed E-state index contributed by atoms with van der Waals surface area (Å²) in [5.74, 6) is 0.819. The van der Waals surface area contributed by atoms with Crippen molar-refractivity contribution in [2.45, 2.75) is 32.7 Å². The van der Waals surface area contributed by atoms with Crippen LogP contribution in [0.4, 0.5) is 4.79 Å². The molecule has 3 N–H and O–H groups in total. The Bertz CT molecular complexity index is 345. The summed E-state index contributed by atoms with van der Waals surface area (Å²) in [6.45, 7) is 7.87. The molecule has 0 aromatic rings. The van der Waals surface area contributed by atoms with Crippen molar-refractivity contribution in [3.8, 4) is 0 Å². The standard InChI is InChI=1S/C14H26N4O2/c1-10(2)6-16-14(20)17-13(19)9-18-7-11-4-3-5-15-12(11)8-18/h10-12,15H,3-9H2,1-2H3,(H2,16,17,19,20). The molecular weight excluding hydrogens is 256 g/mol. The number of piperidine rings is 1. The number of nitrogens with one attached hydrogen (secondary N) is 3. The molecule has 0 radical (unpaired) electrons. The van der Waals surface area contributed by atoms with Crippen LogP contribution in [-0.4, -0.2) is 55.6 Å². The predicted molar refractivity (Wildman–Crippen MR) is 77.3 cm³/mol. The molecular formula is C14H26N4O2. The Morgan fingerprint density at radius 1 is 1.35 bits per heavy atom. The largest absolute Gasteiger partial charge is 0.338 e. The molecule has 2 fully saturated rings. The molecule has 6 heteroatoms. The molecule has 0 aliphatic carbocycles. The first-order valence-corrected chi connectivity index (χ1v) is 7.58. The number of amides is 3. The molecule has 0 aromatic carbocycles. The molecule has 2 atom stereocenters. The zero-order valence-corrected chi connectivity index (χ0v) is 12.4. The van der Waals surface area contributed by atoms with Crippen molar-refractivity contribution in [3.05, 3.63) is 0 Å². The van der Waals surface area contributed by atoms with Gasteiger partial charge in [-0.25, -0.2) is 4.79 Å². The molecule has 2 saturated heterocycles. The lowest BCUT2D eigenvalue weighted by molar-refractivity contribution is -0.120. The highest BCUT2D eigenvalue weighted by Gasteiger charge is 2.34. The minimum Gasteiger partial charge on any atom is -0.338 e. The number of carbonyl (C=O) groups is 2. The number of rotatable bonds is 4. The monoisotopic (exact) mass is 282 g/mol. The fraction of sp³-hybridized carbons (Fsp3) is 0.857. The fourth-order valence-corrected chi connectivity index (χ4v) is 2.98. The van der Waals surface area contributed by atoms with Crippen molar-refractivity contribution in [1.29, 1.82) is 0 Å². The van der Waals surface area contributed by atoms with Crippen LogP contribution in [0.5, 0.6) is 0 Å². The SMILES string of the molecule is CC(C)CNC(=O)NC(=O)CN1CC2CCCNC2C1. The summed E-state index contributed by atoms with van der Waals surface area (Å²) in [6.07, 6.45) is 2.46. The molecule has 2 rings (SSSR count). The van der Waals surface area contributed by atoms with Gasteiger partial charge >= 0.3 is 6.03 Å². The van der Waals surface area contributed by atoms with Gasteiger partial charge in [-0.05, 0) is 31.2 Å². The summed E-state index contributed by atoms with van der Waals surface area (Å²) in [7, 11) is 0. The van der Waals surface area contributed by atoms with Gasteiger partial charge in [-0.2, -0.15) is 0 Å². The van der Waals surface area contributed by atoms with Gasteiger partial charge < -0.3 is 10.6 Å². The fourth-order valence-electron chi connectivity index (χ4n) is 2.98. The molecule has 6 nitrogen and oxygen atoms in total. The van der Waals surface area contributed by atoms with E-state index in [4.69, 9.17) is 0 Å². The van der Waals surface area contributed by atoms with Crippen LogP contribution in [0.15, 0.2) is 0 Å². The molecule has 3 amide bonds. The molecule has 2 unspecified atom stereocenters. The third-order valence-corrected chi connectivity index (χ3v) is 3.97. The van der Waals surface area contributed by atoms with Gasteiger partial charge in [0.1, 0.15) is 0 Å². The maximum absolute atomic E-state index is 11.8. The second kappa shape index (κ2) is 7.04. The van der Waals surface area contributed by atoms with Crippen molar-refractivity contribution >= 4 is 11.9 Å². The van der Waals surface area contributed by atoms with E-state index in [9.17, 15) is 9.59 Å².